The van der Waals surface area contributed by atoms with Crippen molar-refractivity contribution in [2.75, 3.05) is 52.9 Å². The van der Waals surface area contributed by atoms with E-state index in [2.05, 4.69) is 0 Å². The molecule has 4 aliphatic rings. The number of hydrogen-bond acceptors (Lipinski definition) is 12. The van der Waals surface area contributed by atoms with Crippen molar-refractivity contribution in [1.82, 2.24) is 0 Å². The van der Waals surface area contributed by atoms with Gasteiger partial charge in [-0.15, -0.1) is 45.3 Å². The Kier molecular flexibility index (Phi) is 4.95. The summed E-state index contributed by atoms with van der Waals surface area (Å²) in [6.07, 6.45) is 0. The van der Waals surface area contributed by atoms with Crippen LogP contribution >= 0.6 is 45.3 Å². The minimum absolute atomic E-state index is 0.486. The van der Waals surface area contributed by atoms with Crippen molar-refractivity contribution in [3.8, 4) is 75.3 Å². The maximum Gasteiger partial charge on any atom is 0.181 e. The van der Waals surface area contributed by atoms with Crippen molar-refractivity contribution in [3.63, 3.8) is 0 Å². The predicted molar refractivity (Wildman–Crippen MR) is 138 cm³/mol. The number of ether oxygens (including phenoxy) is 8. The molecule has 0 spiro atoms. The summed E-state index contributed by atoms with van der Waals surface area (Å²) in [5.41, 5.74) is 0. The van der Waals surface area contributed by atoms with E-state index in [4.69, 9.17) is 37.9 Å². The fourth-order valence-corrected chi connectivity index (χ4v) is 9.19. The smallest absolute Gasteiger partial charge is 0.181 e. The third-order valence-electron chi connectivity index (χ3n) is 6.02. The second kappa shape index (κ2) is 8.37. The third-order valence-corrected chi connectivity index (χ3v) is 10.7. The van der Waals surface area contributed by atoms with Gasteiger partial charge in [0, 0.05) is 10.8 Å². The van der Waals surface area contributed by atoms with Gasteiger partial charge in [-0.05, 0) is 0 Å². The lowest BCUT2D eigenvalue weighted by molar-refractivity contribution is 0.171. The summed E-state index contributed by atoms with van der Waals surface area (Å²) in [7, 11) is 0. The third kappa shape index (κ3) is 3.14. The summed E-state index contributed by atoms with van der Waals surface area (Å²) in [6, 6.07) is 0. The standard InChI is InChI=1S/C24H18O8S4/c1-3-27-13-11(25-1)9-33-19(13)21-15-17(31-7-5-29-15)23(35-21)24-18-16(30-6-8-32-18)22(36-24)20-14-12(10-34-20)26-2-4-28-14/h9-10H,1-8H2. The van der Waals surface area contributed by atoms with Gasteiger partial charge in [0.05, 0.1) is 29.3 Å². The van der Waals surface area contributed by atoms with Gasteiger partial charge >= 0.3 is 0 Å². The Morgan fingerprint density at radius 1 is 0.361 bits per heavy atom. The Bertz CT molecular complexity index is 1370. The summed E-state index contributed by atoms with van der Waals surface area (Å²) in [6.45, 7) is 4.12. The van der Waals surface area contributed by atoms with Gasteiger partial charge < -0.3 is 37.9 Å². The van der Waals surface area contributed by atoms with E-state index in [0.717, 1.165) is 75.3 Å². The molecular formula is C24H18O8S4. The van der Waals surface area contributed by atoms with Crippen molar-refractivity contribution in [3.05, 3.63) is 10.8 Å². The normalized spacial score (nSPS) is 17.2. The molecule has 0 unspecified atom stereocenters. The second-order valence-electron chi connectivity index (χ2n) is 8.14. The molecule has 0 aliphatic carbocycles. The van der Waals surface area contributed by atoms with Crippen molar-refractivity contribution in [2.24, 2.45) is 0 Å². The molecule has 0 amide bonds. The van der Waals surface area contributed by atoms with E-state index in [1.807, 2.05) is 10.8 Å². The Labute approximate surface area is 221 Å². The summed E-state index contributed by atoms with van der Waals surface area (Å²) >= 11 is 6.42. The first kappa shape index (κ1) is 21.3. The molecule has 4 aromatic heterocycles. The van der Waals surface area contributed by atoms with Gasteiger partial charge in [-0.25, -0.2) is 0 Å². The van der Waals surface area contributed by atoms with Crippen LogP contribution in [0.15, 0.2) is 10.8 Å². The van der Waals surface area contributed by atoms with Crippen molar-refractivity contribution in [1.29, 1.82) is 0 Å². The van der Waals surface area contributed by atoms with Crippen LogP contribution in [0, 0.1) is 0 Å². The van der Waals surface area contributed by atoms with Crippen molar-refractivity contribution in [2.45, 2.75) is 0 Å². The van der Waals surface area contributed by atoms with Crippen LogP contribution in [-0.4, -0.2) is 52.9 Å². The fraction of sp³-hybridized carbons (Fsp3) is 0.333. The zero-order valence-corrected chi connectivity index (χ0v) is 22.0. The van der Waals surface area contributed by atoms with Crippen LogP contribution in [0.1, 0.15) is 0 Å². The minimum atomic E-state index is 0.486. The van der Waals surface area contributed by atoms with Crippen LogP contribution in [0.5, 0.6) is 46.0 Å². The Morgan fingerprint density at radius 3 is 1.06 bits per heavy atom. The maximum absolute atomic E-state index is 6.20. The highest BCUT2D eigenvalue weighted by molar-refractivity contribution is 7.29. The van der Waals surface area contributed by atoms with Crippen LogP contribution < -0.4 is 37.9 Å². The number of hydrogen-bond donors (Lipinski definition) is 0. The number of rotatable bonds is 3. The molecule has 4 aliphatic heterocycles. The van der Waals surface area contributed by atoms with E-state index in [9.17, 15) is 0 Å². The highest BCUT2D eigenvalue weighted by atomic mass is 32.1. The van der Waals surface area contributed by atoms with E-state index >= 15 is 0 Å². The average molecular weight is 563 g/mol. The van der Waals surface area contributed by atoms with E-state index in [1.165, 1.54) is 0 Å². The maximum atomic E-state index is 6.20. The minimum Gasteiger partial charge on any atom is -0.485 e. The topological polar surface area (TPSA) is 73.8 Å². The Morgan fingerprint density at radius 2 is 0.667 bits per heavy atom. The molecular weight excluding hydrogens is 545 g/mol. The summed E-state index contributed by atoms with van der Waals surface area (Å²) < 4.78 is 48.3. The molecule has 0 N–H and O–H groups in total. The van der Waals surface area contributed by atoms with E-state index < -0.39 is 0 Å². The molecule has 0 aromatic carbocycles. The molecule has 0 saturated heterocycles. The van der Waals surface area contributed by atoms with Gasteiger partial charge in [0.15, 0.2) is 46.0 Å². The Hall–Kier alpha value is -2.80. The summed E-state index contributed by atoms with van der Waals surface area (Å²) in [5.74, 6) is 6.04. The lowest BCUT2D eigenvalue weighted by atomic mass is 10.2. The zero-order valence-electron chi connectivity index (χ0n) is 18.7. The van der Waals surface area contributed by atoms with E-state index in [-0.39, 0.29) is 0 Å². The Balaban J connectivity index is 1.31. The summed E-state index contributed by atoms with van der Waals surface area (Å²) in [5, 5.41) is 3.98. The highest BCUT2D eigenvalue weighted by Crippen LogP contribution is 2.64. The van der Waals surface area contributed by atoms with Crippen LogP contribution in [0.25, 0.3) is 29.3 Å². The molecule has 0 bridgehead atoms. The van der Waals surface area contributed by atoms with Gasteiger partial charge in [0.2, 0.25) is 0 Å². The first-order valence-corrected chi connectivity index (χ1v) is 14.9. The second-order valence-corrected chi connectivity index (χ2v) is 11.9. The quantitative estimate of drug-likeness (QED) is 0.300. The molecule has 0 fully saturated rings. The molecule has 8 nitrogen and oxygen atoms in total. The van der Waals surface area contributed by atoms with Crippen LogP contribution in [0.3, 0.4) is 0 Å². The van der Waals surface area contributed by atoms with Crippen molar-refractivity contribution < 1.29 is 37.9 Å². The predicted octanol–water partition coefficient (Wildman–Crippen LogP) is 6.02. The molecule has 0 saturated carbocycles. The zero-order chi connectivity index (χ0) is 23.6. The molecule has 8 rings (SSSR count). The molecule has 8 heterocycles. The number of fused-ring (bicyclic) bond motifs is 4. The molecule has 0 atom stereocenters. The molecule has 36 heavy (non-hydrogen) atoms. The van der Waals surface area contributed by atoms with Gasteiger partial charge in [-0.1, -0.05) is 0 Å². The van der Waals surface area contributed by atoms with Gasteiger partial charge in [0.25, 0.3) is 0 Å². The van der Waals surface area contributed by atoms with Crippen LogP contribution in [0.4, 0.5) is 0 Å². The molecule has 12 heteroatoms. The first-order chi connectivity index (χ1) is 17.9. The monoisotopic (exact) mass is 562 g/mol. The molecule has 4 aromatic rings. The largest absolute Gasteiger partial charge is 0.485 e. The number of thiophene rings is 4. The van der Waals surface area contributed by atoms with Crippen LogP contribution in [0.2, 0.25) is 0 Å². The lowest BCUT2D eigenvalue weighted by Gasteiger charge is -2.19. The van der Waals surface area contributed by atoms with Gasteiger partial charge in [0.1, 0.15) is 52.9 Å². The van der Waals surface area contributed by atoms with Crippen molar-refractivity contribution >= 4 is 45.3 Å². The molecule has 0 radical (unpaired) electrons. The van der Waals surface area contributed by atoms with Gasteiger partial charge in [-0.3, -0.25) is 0 Å². The fourth-order valence-electron chi connectivity index (χ4n) is 4.54. The lowest BCUT2D eigenvalue weighted by Crippen LogP contribution is -2.16. The van der Waals surface area contributed by atoms with Gasteiger partial charge in [-0.2, -0.15) is 0 Å². The molecule has 186 valence electrons. The highest BCUT2D eigenvalue weighted by Gasteiger charge is 2.36. The van der Waals surface area contributed by atoms with E-state index in [1.54, 1.807) is 45.3 Å². The first-order valence-electron chi connectivity index (χ1n) is 11.5. The van der Waals surface area contributed by atoms with Crippen LogP contribution in [-0.2, 0) is 0 Å². The SMILES string of the molecule is c1sc(-c2sc(-c3sc(-c4scc5c4OCCO5)c4c3OCCO4)c3c2OCCO3)c2c1OCCO2. The average Bonchev–Trinajstić information content (AvgIpc) is 3.71. The summed E-state index contributed by atoms with van der Waals surface area (Å²) in [4.78, 5) is 5.84. The van der Waals surface area contributed by atoms with E-state index in [0.29, 0.717) is 52.9 Å².